The molecule has 2 aromatic carbocycles. The summed E-state index contributed by atoms with van der Waals surface area (Å²) in [5.74, 6) is -1.08. The minimum Gasteiger partial charge on any atom is -0.306 e. The van der Waals surface area contributed by atoms with Gasteiger partial charge in [-0.15, -0.1) is 0 Å². The van der Waals surface area contributed by atoms with Crippen LogP contribution in [0.2, 0.25) is 0 Å². The zero-order chi connectivity index (χ0) is 13.8. The smallest absolute Gasteiger partial charge is 0.130 e. The third-order valence-corrected chi connectivity index (χ3v) is 3.71. The van der Waals surface area contributed by atoms with E-state index in [1.54, 1.807) is 0 Å². The van der Waals surface area contributed by atoms with Crippen molar-refractivity contribution in [2.75, 3.05) is 0 Å². The van der Waals surface area contributed by atoms with Crippen molar-refractivity contribution in [3.8, 4) is 0 Å². The van der Waals surface area contributed by atoms with E-state index in [9.17, 15) is 8.78 Å². The average Bonchev–Trinajstić information content (AvgIpc) is 2.38. The molecule has 0 spiro atoms. The first-order chi connectivity index (χ1) is 9.08. The van der Waals surface area contributed by atoms with Gasteiger partial charge >= 0.3 is 0 Å². The summed E-state index contributed by atoms with van der Waals surface area (Å²) < 4.78 is 27.3. The molecule has 0 radical (unpaired) electrons. The first kappa shape index (κ1) is 14.2. The first-order valence-electron chi connectivity index (χ1n) is 5.99. The highest BCUT2D eigenvalue weighted by Gasteiger charge is 2.10. The number of benzene rings is 2. The summed E-state index contributed by atoms with van der Waals surface area (Å²) in [6.07, 6.45) is 0. The number of hydrogen-bond acceptors (Lipinski definition) is 1. The summed E-state index contributed by atoms with van der Waals surface area (Å²) in [7, 11) is 0. The molecule has 0 aromatic heterocycles. The van der Waals surface area contributed by atoms with Crippen molar-refractivity contribution in [2.45, 2.75) is 19.5 Å². The van der Waals surface area contributed by atoms with Gasteiger partial charge in [-0.05, 0) is 24.6 Å². The minimum absolute atomic E-state index is 0.0695. The zero-order valence-electron chi connectivity index (χ0n) is 10.5. The zero-order valence-corrected chi connectivity index (χ0v) is 12.0. The Hall–Kier alpha value is -1.26. The average molecular weight is 326 g/mol. The monoisotopic (exact) mass is 325 g/mol. The molecule has 2 rings (SSSR count). The Morgan fingerprint density at radius 2 is 1.89 bits per heavy atom. The lowest BCUT2D eigenvalue weighted by Gasteiger charge is -2.16. The molecule has 19 heavy (non-hydrogen) atoms. The van der Waals surface area contributed by atoms with Crippen LogP contribution in [0.1, 0.15) is 24.1 Å². The Morgan fingerprint density at radius 3 is 2.58 bits per heavy atom. The molecule has 1 nitrogen and oxygen atoms in total. The van der Waals surface area contributed by atoms with Gasteiger partial charge in [0.25, 0.3) is 0 Å². The van der Waals surface area contributed by atoms with E-state index in [4.69, 9.17) is 0 Å². The van der Waals surface area contributed by atoms with Crippen LogP contribution in [0.3, 0.4) is 0 Å². The van der Waals surface area contributed by atoms with Crippen LogP contribution in [0, 0.1) is 11.6 Å². The predicted octanol–water partition coefficient (Wildman–Crippen LogP) is 4.58. The number of hydrogen-bond donors (Lipinski definition) is 1. The van der Waals surface area contributed by atoms with Crippen molar-refractivity contribution in [2.24, 2.45) is 0 Å². The Morgan fingerprint density at radius 1 is 1.16 bits per heavy atom. The van der Waals surface area contributed by atoms with Crippen LogP contribution in [0.15, 0.2) is 46.9 Å². The fourth-order valence-corrected chi connectivity index (χ4v) is 2.49. The van der Waals surface area contributed by atoms with Crippen LogP contribution in [-0.4, -0.2) is 0 Å². The summed E-state index contributed by atoms with van der Waals surface area (Å²) >= 11 is 3.48. The van der Waals surface area contributed by atoms with Gasteiger partial charge in [0.1, 0.15) is 11.6 Å². The van der Waals surface area contributed by atoms with Crippen molar-refractivity contribution in [1.82, 2.24) is 5.32 Å². The van der Waals surface area contributed by atoms with Crippen molar-refractivity contribution >= 4 is 15.9 Å². The van der Waals surface area contributed by atoms with Gasteiger partial charge in [0.05, 0.1) is 0 Å². The summed E-state index contributed by atoms with van der Waals surface area (Å²) in [4.78, 5) is 0. The molecule has 0 bridgehead atoms. The minimum atomic E-state index is -0.555. The Balaban J connectivity index is 2.04. The summed E-state index contributed by atoms with van der Waals surface area (Å²) in [5, 5.41) is 3.22. The molecule has 1 N–H and O–H groups in total. The maximum absolute atomic E-state index is 13.5. The molecule has 0 aliphatic rings. The summed E-state index contributed by atoms with van der Waals surface area (Å²) in [6, 6.07) is 11.6. The second-order valence-electron chi connectivity index (χ2n) is 4.36. The molecule has 0 saturated carbocycles. The van der Waals surface area contributed by atoms with E-state index in [1.807, 2.05) is 31.2 Å². The van der Waals surface area contributed by atoms with E-state index in [1.165, 1.54) is 12.1 Å². The largest absolute Gasteiger partial charge is 0.306 e. The number of rotatable bonds is 4. The van der Waals surface area contributed by atoms with Gasteiger partial charge in [-0.25, -0.2) is 8.78 Å². The van der Waals surface area contributed by atoms with Gasteiger partial charge in [0.15, 0.2) is 0 Å². The molecule has 0 amide bonds. The molecule has 100 valence electrons. The predicted molar refractivity (Wildman–Crippen MR) is 75.8 cm³/mol. The van der Waals surface area contributed by atoms with Crippen molar-refractivity contribution in [1.29, 1.82) is 0 Å². The molecular formula is C15H14BrF2N. The van der Waals surface area contributed by atoms with Gasteiger partial charge in [0, 0.05) is 28.7 Å². The van der Waals surface area contributed by atoms with Crippen molar-refractivity contribution < 1.29 is 8.78 Å². The maximum Gasteiger partial charge on any atom is 0.130 e. The summed E-state index contributed by atoms with van der Waals surface area (Å²) in [5.41, 5.74) is 1.56. The van der Waals surface area contributed by atoms with Crippen LogP contribution < -0.4 is 5.32 Å². The SMILES string of the molecule is C[C@@H](NCc1ccc(F)cc1F)c1ccccc1Br. The normalized spacial score (nSPS) is 12.4. The van der Waals surface area contributed by atoms with E-state index in [-0.39, 0.29) is 6.04 Å². The lowest BCUT2D eigenvalue weighted by Crippen LogP contribution is -2.19. The van der Waals surface area contributed by atoms with Gasteiger partial charge < -0.3 is 5.32 Å². The lowest BCUT2D eigenvalue weighted by atomic mass is 10.1. The highest BCUT2D eigenvalue weighted by molar-refractivity contribution is 9.10. The van der Waals surface area contributed by atoms with Gasteiger partial charge in [-0.3, -0.25) is 0 Å². The van der Waals surface area contributed by atoms with Crippen molar-refractivity contribution in [3.63, 3.8) is 0 Å². The first-order valence-corrected chi connectivity index (χ1v) is 6.79. The Bertz CT molecular complexity index is 572. The van der Waals surface area contributed by atoms with E-state index in [2.05, 4.69) is 21.2 Å². The molecule has 0 aliphatic carbocycles. The second-order valence-corrected chi connectivity index (χ2v) is 5.21. The van der Waals surface area contributed by atoms with Crippen LogP contribution in [0.5, 0.6) is 0 Å². The third kappa shape index (κ3) is 3.61. The van der Waals surface area contributed by atoms with Crippen LogP contribution in [-0.2, 0) is 6.54 Å². The standard InChI is InChI=1S/C15H14BrF2N/c1-10(13-4-2-3-5-14(13)16)19-9-11-6-7-12(17)8-15(11)18/h2-8,10,19H,9H2,1H3/t10-/m1/s1. The van der Waals surface area contributed by atoms with Crippen LogP contribution >= 0.6 is 15.9 Å². The van der Waals surface area contributed by atoms with E-state index in [0.29, 0.717) is 12.1 Å². The highest BCUT2D eigenvalue weighted by atomic mass is 79.9. The highest BCUT2D eigenvalue weighted by Crippen LogP contribution is 2.23. The molecule has 1 atom stereocenters. The molecule has 4 heteroatoms. The molecule has 0 fully saturated rings. The van der Waals surface area contributed by atoms with E-state index >= 15 is 0 Å². The van der Waals surface area contributed by atoms with Crippen LogP contribution in [0.4, 0.5) is 8.78 Å². The van der Waals surface area contributed by atoms with Crippen LogP contribution in [0.25, 0.3) is 0 Å². The summed E-state index contributed by atoms with van der Waals surface area (Å²) in [6.45, 7) is 2.36. The quantitative estimate of drug-likeness (QED) is 0.867. The maximum atomic E-state index is 13.5. The Labute approximate surface area is 119 Å². The second kappa shape index (κ2) is 6.26. The molecular weight excluding hydrogens is 312 g/mol. The van der Waals surface area contributed by atoms with E-state index < -0.39 is 11.6 Å². The van der Waals surface area contributed by atoms with Gasteiger partial charge in [-0.2, -0.15) is 0 Å². The molecule has 0 aliphatic heterocycles. The molecule has 2 aromatic rings. The third-order valence-electron chi connectivity index (χ3n) is 2.99. The van der Waals surface area contributed by atoms with Crippen molar-refractivity contribution in [3.05, 3.63) is 69.7 Å². The molecule has 0 unspecified atom stereocenters. The van der Waals surface area contributed by atoms with Gasteiger partial charge in [0.2, 0.25) is 0 Å². The molecule has 0 saturated heterocycles. The topological polar surface area (TPSA) is 12.0 Å². The molecule has 0 heterocycles. The number of nitrogens with one attached hydrogen (secondary N) is 1. The Kier molecular flexibility index (Phi) is 4.66. The number of halogens is 3. The van der Waals surface area contributed by atoms with Gasteiger partial charge in [-0.1, -0.05) is 40.2 Å². The van der Waals surface area contributed by atoms with E-state index in [0.717, 1.165) is 16.1 Å². The fraction of sp³-hybridized carbons (Fsp3) is 0.200. The fourth-order valence-electron chi connectivity index (χ4n) is 1.86. The lowest BCUT2D eigenvalue weighted by molar-refractivity contribution is 0.533.